The molecule has 16 heavy (non-hydrogen) atoms. The second kappa shape index (κ2) is 6.02. The molecule has 1 unspecified atom stereocenters. The summed E-state index contributed by atoms with van der Waals surface area (Å²) < 4.78 is 0. The maximum Gasteiger partial charge on any atom is 0.00201 e. The predicted octanol–water partition coefficient (Wildman–Crippen LogP) is 1.92. The van der Waals surface area contributed by atoms with Crippen LogP contribution in [0.25, 0.3) is 0 Å². The molecule has 2 heteroatoms. The fraction of sp³-hybridized carbons (Fsp3) is 0.571. The van der Waals surface area contributed by atoms with Gasteiger partial charge in [-0.3, -0.25) is 0 Å². The van der Waals surface area contributed by atoms with Crippen LogP contribution in [0.1, 0.15) is 29.9 Å². The van der Waals surface area contributed by atoms with Gasteiger partial charge in [0.15, 0.2) is 0 Å². The third-order valence-electron chi connectivity index (χ3n) is 3.38. The first kappa shape index (κ1) is 11.6. The molecule has 1 saturated heterocycles. The van der Waals surface area contributed by atoms with Gasteiger partial charge in [-0.1, -0.05) is 24.3 Å². The molecule has 0 aliphatic carbocycles. The van der Waals surface area contributed by atoms with Gasteiger partial charge in [-0.2, -0.15) is 0 Å². The van der Waals surface area contributed by atoms with Crippen LogP contribution in [0.5, 0.6) is 0 Å². The number of hydrogen-bond acceptors (Lipinski definition) is 2. The number of piperidine rings is 1. The van der Waals surface area contributed by atoms with Crippen LogP contribution in [0, 0.1) is 0 Å². The minimum Gasteiger partial charge on any atom is -0.319 e. The van der Waals surface area contributed by atoms with E-state index in [1.54, 1.807) is 0 Å². The molecule has 1 fully saturated rings. The minimum absolute atomic E-state index is 0.725. The molecule has 1 aromatic rings. The van der Waals surface area contributed by atoms with Gasteiger partial charge in [-0.25, -0.2) is 0 Å². The van der Waals surface area contributed by atoms with Crippen LogP contribution in [-0.4, -0.2) is 26.7 Å². The Hall–Kier alpha value is -0.860. The Labute approximate surface area is 98.4 Å². The van der Waals surface area contributed by atoms with Gasteiger partial charge in [-0.05, 0) is 56.4 Å². The smallest absolute Gasteiger partial charge is 0.00201 e. The van der Waals surface area contributed by atoms with Crippen molar-refractivity contribution in [3.8, 4) is 0 Å². The SMILES string of the molecule is CNCCc1cccc(C2CCCNC2)c1. The summed E-state index contributed by atoms with van der Waals surface area (Å²) in [6.45, 7) is 3.40. The van der Waals surface area contributed by atoms with E-state index in [4.69, 9.17) is 0 Å². The lowest BCUT2D eigenvalue weighted by atomic mass is 9.90. The van der Waals surface area contributed by atoms with Gasteiger partial charge in [0, 0.05) is 6.54 Å². The molecule has 0 aromatic heterocycles. The van der Waals surface area contributed by atoms with Crippen molar-refractivity contribution in [1.29, 1.82) is 0 Å². The van der Waals surface area contributed by atoms with Crippen LogP contribution in [0.3, 0.4) is 0 Å². The van der Waals surface area contributed by atoms with Crippen molar-refractivity contribution in [2.24, 2.45) is 0 Å². The minimum atomic E-state index is 0.725. The highest BCUT2D eigenvalue weighted by Crippen LogP contribution is 2.23. The molecule has 2 N–H and O–H groups in total. The summed E-state index contributed by atoms with van der Waals surface area (Å²) in [7, 11) is 2.01. The van der Waals surface area contributed by atoms with Crippen molar-refractivity contribution in [3.63, 3.8) is 0 Å². The molecule has 0 spiro atoms. The molecular formula is C14H22N2. The first-order valence-electron chi connectivity index (χ1n) is 6.34. The Bertz CT molecular complexity index is 316. The number of likely N-dealkylation sites (N-methyl/N-ethyl adjacent to an activating group) is 1. The van der Waals surface area contributed by atoms with E-state index >= 15 is 0 Å². The molecule has 2 rings (SSSR count). The van der Waals surface area contributed by atoms with Gasteiger partial charge in [-0.15, -0.1) is 0 Å². The summed E-state index contributed by atoms with van der Waals surface area (Å²) in [6, 6.07) is 9.10. The van der Waals surface area contributed by atoms with E-state index in [1.807, 2.05) is 7.05 Å². The fourth-order valence-electron chi connectivity index (χ4n) is 2.41. The van der Waals surface area contributed by atoms with Crippen LogP contribution in [0.15, 0.2) is 24.3 Å². The normalized spacial score (nSPS) is 20.9. The molecule has 2 nitrogen and oxygen atoms in total. The van der Waals surface area contributed by atoms with Gasteiger partial charge in [0.25, 0.3) is 0 Å². The monoisotopic (exact) mass is 218 g/mol. The zero-order valence-electron chi connectivity index (χ0n) is 10.1. The van der Waals surface area contributed by atoms with Crippen LogP contribution in [0.2, 0.25) is 0 Å². The van der Waals surface area contributed by atoms with E-state index in [0.717, 1.165) is 25.4 Å². The Kier molecular flexibility index (Phi) is 4.37. The van der Waals surface area contributed by atoms with Gasteiger partial charge in [0.2, 0.25) is 0 Å². The molecule has 1 atom stereocenters. The lowest BCUT2D eigenvalue weighted by Crippen LogP contribution is -2.28. The van der Waals surface area contributed by atoms with E-state index in [1.165, 1.54) is 30.5 Å². The van der Waals surface area contributed by atoms with E-state index in [2.05, 4.69) is 34.9 Å². The number of rotatable bonds is 4. The second-order valence-electron chi connectivity index (χ2n) is 4.64. The average Bonchev–Trinajstić information content (AvgIpc) is 2.38. The second-order valence-corrected chi connectivity index (χ2v) is 4.64. The lowest BCUT2D eigenvalue weighted by Gasteiger charge is -2.23. The topological polar surface area (TPSA) is 24.1 Å². The molecule has 1 aromatic carbocycles. The fourth-order valence-corrected chi connectivity index (χ4v) is 2.41. The maximum atomic E-state index is 3.48. The van der Waals surface area contributed by atoms with Crippen molar-refractivity contribution in [1.82, 2.24) is 10.6 Å². The highest BCUT2D eigenvalue weighted by Gasteiger charge is 2.14. The van der Waals surface area contributed by atoms with Crippen LogP contribution in [0.4, 0.5) is 0 Å². The Morgan fingerprint density at radius 2 is 2.38 bits per heavy atom. The van der Waals surface area contributed by atoms with Gasteiger partial charge >= 0.3 is 0 Å². The summed E-state index contributed by atoms with van der Waals surface area (Å²) in [5.74, 6) is 0.725. The summed E-state index contributed by atoms with van der Waals surface area (Å²) >= 11 is 0. The zero-order valence-corrected chi connectivity index (χ0v) is 10.1. The molecule has 0 bridgehead atoms. The number of nitrogens with one attached hydrogen (secondary N) is 2. The molecule has 0 radical (unpaired) electrons. The summed E-state index contributed by atoms with van der Waals surface area (Å²) in [4.78, 5) is 0. The van der Waals surface area contributed by atoms with Crippen molar-refractivity contribution >= 4 is 0 Å². The van der Waals surface area contributed by atoms with E-state index in [-0.39, 0.29) is 0 Å². The van der Waals surface area contributed by atoms with Crippen LogP contribution >= 0.6 is 0 Å². The zero-order chi connectivity index (χ0) is 11.2. The summed E-state index contributed by atoms with van der Waals surface area (Å²) in [5, 5.41) is 6.69. The Balaban J connectivity index is 2.02. The molecular weight excluding hydrogens is 196 g/mol. The van der Waals surface area contributed by atoms with Gasteiger partial charge < -0.3 is 10.6 Å². The number of hydrogen-bond donors (Lipinski definition) is 2. The molecule has 0 amide bonds. The van der Waals surface area contributed by atoms with E-state index < -0.39 is 0 Å². The third-order valence-corrected chi connectivity index (χ3v) is 3.38. The molecule has 0 saturated carbocycles. The third kappa shape index (κ3) is 3.06. The van der Waals surface area contributed by atoms with E-state index in [9.17, 15) is 0 Å². The lowest BCUT2D eigenvalue weighted by molar-refractivity contribution is 0.461. The Morgan fingerprint density at radius 3 is 3.12 bits per heavy atom. The van der Waals surface area contributed by atoms with Crippen molar-refractivity contribution in [2.75, 3.05) is 26.7 Å². The quantitative estimate of drug-likeness (QED) is 0.807. The van der Waals surface area contributed by atoms with Crippen LogP contribution in [-0.2, 0) is 6.42 Å². The molecule has 1 aliphatic rings. The largest absolute Gasteiger partial charge is 0.319 e. The molecule has 1 heterocycles. The maximum absolute atomic E-state index is 3.48. The van der Waals surface area contributed by atoms with Crippen molar-refractivity contribution in [2.45, 2.75) is 25.2 Å². The highest BCUT2D eigenvalue weighted by molar-refractivity contribution is 5.27. The highest BCUT2D eigenvalue weighted by atomic mass is 14.9. The van der Waals surface area contributed by atoms with E-state index in [0.29, 0.717) is 0 Å². The number of benzene rings is 1. The standard InChI is InChI=1S/C14H22N2/c1-15-9-7-12-4-2-5-13(10-12)14-6-3-8-16-11-14/h2,4-5,10,14-16H,3,6-9,11H2,1H3. The first-order valence-corrected chi connectivity index (χ1v) is 6.34. The van der Waals surface area contributed by atoms with Crippen molar-refractivity contribution < 1.29 is 0 Å². The average molecular weight is 218 g/mol. The van der Waals surface area contributed by atoms with Crippen LogP contribution < -0.4 is 10.6 Å². The predicted molar refractivity (Wildman–Crippen MR) is 68.9 cm³/mol. The summed E-state index contributed by atoms with van der Waals surface area (Å²) in [5.41, 5.74) is 2.97. The Morgan fingerprint density at radius 1 is 1.44 bits per heavy atom. The van der Waals surface area contributed by atoms with Gasteiger partial charge in [0.1, 0.15) is 0 Å². The van der Waals surface area contributed by atoms with Gasteiger partial charge in [0.05, 0.1) is 0 Å². The van der Waals surface area contributed by atoms with Crippen molar-refractivity contribution in [3.05, 3.63) is 35.4 Å². The molecule has 88 valence electrons. The first-order chi connectivity index (χ1) is 7.90. The summed E-state index contributed by atoms with van der Waals surface area (Å²) in [6.07, 6.45) is 3.78. The molecule has 1 aliphatic heterocycles.